The van der Waals surface area contributed by atoms with Crippen LogP contribution in [0.1, 0.15) is 40.0 Å². The second kappa shape index (κ2) is 9.18. The summed E-state index contributed by atoms with van der Waals surface area (Å²) in [5, 5.41) is 12.2. The van der Waals surface area contributed by atoms with Gasteiger partial charge in [0.05, 0.1) is 34.7 Å². The molecule has 4 rings (SSSR count). The minimum atomic E-state index is -0.915. The molecule has 1 fully saturated rings. The zero-order valence-corrected chi connectivity index (χ0v) is 18.2. The van der Waals surface area contributed by atoms with Gasteiger partial charge in [0.1, 0.15) is 18.5 Å². The minimum absolute atomic E-state index is 0.0774. The molecule has 2 amide bonds. The number of halogens is 1. The normalized spacial score (nSPS) is 22.6. The summed E-state index contributed by atoms with van der Waals surface area (Å²) in [6.07, 6.45) is 0.265. The Morgan fingerprint density at radius 3 is 2.75 bits per heavy atom. The number of carbonyl (C=O) groups excluding carboxylic acids is 2. The molecule has 0 radical (unpaired) electrons. The van der Waals surface area contributed by atoms with Gasteiger partial charge in [-0.15, -0.1) is 0 Å². The highest BCUT2D eigenvalue weighted by atomic mass is 35.5. The van der Waals surface area contributed by atoms with Crippen LogP contribution in [0.2, 0.25) is 5.02 Å². The number of carboxylic acids is 1. The molecule has 0 saturated carbocycles. The van der Waals surface area contributed by atoms with Crippen LogP contribution in [0.15, 0.2) is 42.5 Å². The van der Waals surface area contributed by atoms with Crippen molar-refractivity contribution in [3.63, 3.8) is 0 Å². The first-order chi connectivity index (χ1) is 15.3. The number of anilines is 1. The fourth-order valence-corrected chi connectivity index (χ4v) is 4.37. The third-order valence-electron chi connectivity index (χ3n) is 5.79. The molecule has 8 nitrogen and oxygen atoms in total. The Labute approximate surface area is 190 Å². The van der Waals surface area contributed by atoms with Crippen molar-refractivity contribution in [3.05, 3.63) is 58.6 Å². The molecule has 3 atom stereocenters. The van der Waals surface area contributed by atoms with Crippen LogP contribution in [0.3, 0.4) is 0 Å². The van der Waals surface area contributed by atoms with E-state index in [1.807, 2.05) is 0 Å². The first kappa shape index (κ1) is 22.1. The number of aliphatic carboxylic acids is 1. The molecule has 9 heteroatoms. The van der Waals surface area contributed by atoms with Crippen LogP contribution in [0.5, 0.6) is 5.75 Å². The van der Waals surface area contributed by atoms with Crippen molar-refractivity contribution < 1.29 is 29.0 Å². The van der Waals surface area contributed by atoms with E-state index in [1.165, 1.54) is 0 Å². The number of nitrogens with one attached hydrogen (secondary N) is 1. The lowest BCUT2D eigenvalue weighted by molar-refractivity contribution is -0.148. The molecule has 2 aromatic carbocycles. The van der Waals surface area contributed by atoms with E-state index in [-0.39, 0.29) is 30.9 Å². The summed E-state index contributed by atoms with van der Waals surface area (Å²) in [6.45, 7) is 0.191. The lowest BCUT2D eigenvalue weighted by Gasteiger charge is -2.42. The lowest BCUT2D eigenvalue weighted by Crippen LogP contribution is -2.53. The molecule has 1 saturated heterocycles. The van der Waals surface area contributed by atoms with Gasteiger partial charge < -0.3 is 24.8 Å². The number of nitrogens with zero attached hydrogens (tertiary/aromatic N) is 1. The van der Waals surface area contributed by atoms with Gasteiger partial charge in [-0.2, -0.15) is 0 Å². The van der Waals surface area contributed by atoms with E-state index in [0.717, 1.165) is 0 Å². The highest BCUT2D eigenvalue weighted by Gasteiger charge is 2.39. The average Bonchev–Trinajstić information content (AvgIpc) is 2.76. The summed E-state index contributed by atoms with van der Waals surface area (Å²) in [5.41, 5.74) is 1.10. The van der Waals surface area contributed by atoms with Gasteiger partial charge in [-0.3, -0.25) is 14.4 Å². The second-order valence-corrected chi connectivity index (χ2v) is 8.32. The highest BCUT2D eigenvalue weighted by Crippen LogP contribution is 2.32. The molecule has 0 spiro atoms. The summed E-state index contributed by atoms with van der Waals surface area (Å²) in [5.74, 6) is -1.18. The summed E-state index contributed by atoms with van der Waals surface area (Å²) in [7, 11) is 1.70. The van der Waals surface area contributed by atoms with E-state index < -0.39 is 18.2 Å². The molecule has 2 N–H and O–H groups in total. The topological polar surface area (TPSA) is 105 Å². The van der Waals surface area contributed by atoms with Gasteiger partial charge in [-0.05, 0) is 43.2 Å². The van der Waals surface area contributed by atoms with Gasteiger partial charge in [0.15, 0.2) is 0 Å². The highest BCUT2D eigenvalue weighted by molar-refractivity contribution is 6.34. The fourth-order valence-electron chi connectivity index (χ4n) is 4.14. The maximum absolute atomic E-state index is 13.2. The molecule has 32 heavy (non-hydrogen) atoms. The maximum Gasteiger partial charge on any atom is 0.305 e. The smallest absolute Gasteiger partial charge is 0.305 e. The first-order valence-corrected chi connectivity index (χ1v) is 10.7. The Hall–Kier alpha value is -3.10. The molecule has 2 aliphatic rings. The largest absolute Gasteiger partial charge is 0.490 e. The van der Waals surface area contributed by atoms with E-state index >= 15 is 0 Å². The number of hydrogen-bond acceptors (Lipinski definition) is 5. The van der Waals surface area contributed by atoms with Gasteiger partial charge in [0.25, 0.3) is 11.8 Å². The van der Waals surface area contributed by atoms with Crippen molar-refractivity contribution in [2.45, 2.75) is 37.5 Å². The van der Waals surface area contributed by atoms with Gasteiger partial charge >= 0.3 is 5.97 Å². The maximum atomic E-state index is 13.2. The van der Waals surface area contributed by atoms with Crippen LogP contribution >= 0.6 is 11.6 Å². The van der Waals surface area contributed by atoms with Gasteiger partial charge in [0.2, 0.25) is 0 Å². The van der Waals surface area contributed by atoms with Crippen LogP contribution in [0.25, 0.3) is 0 Å². The van der Waals surface area contributed by atoms with Gasteiger partial charge in [0, 0.05) is 12.7 Å². The van der Waals surface area contributed by atoms with Crippen molar-refractivity contribution in [2.75, 3.05) is 19.0 Å². The fraction of sp³-hybridized carbons (Fsp3) is 0.348. The molecule has 2 heterocycles. The quantitative estimate of drug-likeness (QED) is 0.727. The summed E-state index contributed by atoms with van der Waals surface area (Å²) in [6, 6.07) is 11.3. The SMILES string of the molecule is CN1C(=O)c2cc(NC(=O)c3ccccc3Cl)ccc2OC[C@H]2O[C@@H](CC(=O)O)CC[C@H]21. The van der Waals surface area contributed by atoms with E-state index in [0.29, 0.717) is 40.4 Å². The molecular formula is C23H23ClN2O6. The van der Waals surface area contributed by atoms with E-state index in [9.17, 15) is 14.4 Å². The summed E-state index contributed by atoms with van der Waals surface area (Å²) in [4.78, 5) is 38.5. The number of ether oxygens (including phenoxy) is 2. The second-order valence-electron chi connectivity index (χ2n) is 7.91. The molecule has 0 aromatic heterocycles. The predicted octanol–water partition coefficient (Wildman–Crippen LogP) is 3.45. The number of likely N-dealkylation sites (N-methyl/N-ethyl adjacent to an activating group) is 1. The third kappa shape index (κ3) is 4.56. The molecule has 2 aromatic rings. The number of hydrogen-bond donors (Lipinski definition) is 2. The Bertz CT molecular complexity index is 1060. The van der Waals surface area contributed by atoms with Gasteiger partial charge in [-0.25, -0.2) is 0 Å². The number of benzene rings is 2. The molecule has 0 aliphatic carbocycles. The Morgan fingerprint density at radius 2 is 2.00 bits per heavy atom. The number of carboxylic acid groups (broad SMARTS) is 1. The van der Waals surface area contributed by atoms with Crippen LogP contribution < -0.4 is 10.1 Å². The zero-order valence-electron chi connectivity index (χ0n) is 17.4. The van der Waals surface area contributed by atoms with E-state index in [4.69, 9.17) is 26.2 Å². The number of amides is 2. The Morgan fingerprint density at radius 1 is 1.22 bits per heavy atom. The lowest BCUT2D eigenvalue weighted by atomic mass is 9.94. The van der Waals surface area contributed by atoms with Crippen LogP contribution in [0.4, 0.5) is 5.69 Å². The van der Waals surface area contributed by atoms with Crippen molar-refractivity contribution in [1.29, 1.82) is 0 Å². The van der Waals surface area contributed by atoms with Crippen molar-refractivity contribution >= 4 is 35.1 Å². The van der Waals surface area contributed by atoms with Crippen LogP contribution in [-0.2, 0) is 9.53 Å². The number of fused-ring (bicyclic) bond motifs is 2. The molecule has 168 valence electrons. The zero-order chi connectivity index (χ0) is 22.8. The van der Waals surface area contributed by atoms with Gasteiger partial charge in [-0.1, -0.05) is 23.7 Å². The standard InChI is InChI=1S/C23H23ClN2O6/c1-26-18-8-7-14(11-21(27)28)32-20(18)12-31-19-9-6-13(10-16(19)23(26)30)25-22(29)15-4-2-3-5-17(15)24/h2-6,9-10,14,18,20H,7-8,11-12H2,1H3,(H,25,29)(H,27,28)/t14-,18-,20-/m1/s1. The predicted molar refractivity (Wildman–Crippen MR) is 117 cm³/mol. The van der Waals surface area contributed by atoms with E-state index in [1.54, 1.807) is 54.4 Å². The molecule has 0 unspecified atom stereocenters. The monoisotopic (exact) mass is 458 g/mol. The van der Waals surface area contributed by atoms with Crippen LogP contribution in [-0.4, -0.2) is 59.7 Å². The molecular weight excluding hydrogens is 436 g/mol. The summed E-state index contributed by atoms with van der Waals surface area (Å²) < 4.78 is 11.8. The number of rotatable bonds is 4. The minimum Gasteiger partial charge on any atom is -0.490 e. The Kier molecular flexibility index (Phi) is 6.34. The van der Waals surface area contributed by atoms with E-state index in [2.05, 4.69) is 5.32 Å². The van der Waals surface area contributed by atoms with Crippen molar-refractivity contribution in [3.8, 4) is 5.75 Å². The third-order valence-corrected chi connectivity index (χ3v) is 6.12. The van der Waals surface area contributed by atoms with Crippen molar-refractivity contribution in [2.24, 2.45) is 0 Å². The van der Waals surface area contributed by atoms with Crippen molar-refractivity contribution in [1.82, 2.24) is 4.90 Å². The molecule has 0 bridgehead atoms. The molecule has 2 aliphatic heterocycles. The number of carbonyl (C=O) groups is 3. The average molecular weight is 459 g/mol. The first-order valence-electron chi connectivity index (χ1n) is 10.3. The summed E-state index contributed by atoms with van der Waals surface area (Å²) >= 11 is 6.10. The van der Waals surface area contributed by atoms with Crippen LogP contribution in [0, 0.1) is 0 Å². The Balaban J connectivity index is 1.55.